The number of hydrogen-bond donors (Lipinski definition) is 2. The van der Waals surface area contributed by atoms with Gasteiger partial charge in [0.25, 0.3) is 5.91 Å². The van der Waals surface area contributed by atoms with E-state index in [1.54, 1.807) is 30.7 Å². The summed E-state index contributed by atoms with van der Waals surface area (Å²) in [7, 11) is 0. The Kier molecular flexibility index (Phi) is 6.11. The van der Waals surface area contributed by atoms with Crippen LogP contribution in [0.15, 0.2) is 42.9 Å². The van der Waals surface area contributed by atoms with Crippen molar-refractivity contribution in [2.45, 2.75) is 50.7 Å². The first kappa shape index (κ1) is 20.8. The van der Waals surface area contributed by atoms with Crippen molar-refractivity contribution >= 4 is 23.7 Å². The van der Waals surface area contributed by atoms with Crippen LogP contribution in [0.3, 0.4) is 0 Å². The van der Waals surface area contributed by atoms with E-state index in [0.717, 1.165) is 18.4 Å². The van der Waals surface area contributed by atoms with E-state index in [9.17, 15) is 14.4 Å². The van der Waals surface area contributed by atoms with E-state index in [0.29, 0.717) is 37.4 Å². The van der Waals surface area contributed by atoms with Crippen molar-refractivity contribution in [3.05, 3.63) is 48.4 Å². The van der Waals surface area contributed by atoms with Gasteiger partial charge in [-0.1, -0.05) is 12.8 Å². The predicted octanol–water partition coefficient (Wildman–Crippen LogP) is 2.64. The van der Waals surface area contributed by atoms with E-state index in [4.69, 9.17) is 4.74 Å². The van der Waals surface area contributed by atoms with Crippen molar-refractivity contribution in [1.29, 1.82) is 0 Å². The number of imide groups is 1. The number of carbonyl (C=O) groups is 3. The Labute approximate surface area is 180 Å². The summed E-state index contributed by atoms with van der Waals surface area (Å²) in [6, 6.07) is 6.80. The molecular weight excluding hydrogens is 398 g/mol. The molecule has 0 aromatic carbocycles. The average molecular weight is 423 g/mol. The minimum Gasteiger partial charge on any atom is -0.485 e. The fourth-order valence-corrected chi connectivity index (χ4v) is 4.03. The molecule has 162 valence electrons. The maximum Gasteiger partial charge on any atom is 0.325 e. The van der Waals surface area contributed by atoms with Gasteiger partial charge in [-0.15, -0.1) is 0 Å². The van der Waals surface area contributed by atoms with Gasteiger partial charge in [-0.05, 0) is 49.1 Å². The molecular formula is C22H25N5O4. The van der Waals surface area contributed by atoms with Crippen LogP contribution in [-0.4, -0.2) is 44.8 Å². The molecule has 0 unspecified atom stereocenters. The lowest BCUT2D eigenvalue weighted by Gasteiger charge is -2.19. The molecule has 2 aromatic rings. The Hall–Kier alpha value is -3.49. The number of aromatic nitrogens is 2. The molecule has 2 fully saturated rings. The van der Waals surface area contributed by atoms with Crippen molar-refractivity contribution in [1.82, 2.24) is 20.2 Å². The molecule has 2 aromatic heterocycles. The van der Waals surface area contributed by atoms with Crippen LogP contribution in [0.25, 0.3) is 0 Å². The summed E-state index contributed by atoms with van der Waals surface area (Å²) >= 11 is 0. The first-order valence-electron chi connectivity index (χ1n) is 10.5. The number of ether oxygens (including phenoxy) is 1. The molecule has 0 atom stereocenters. The van der Waals surface area contributed by atoms with Crippen molar-refractivity contribution in [2.75, 3.05) is 11.9 Å². The third-order valence-corrected chi connectivity index (χ3v) is 5.66. The highest BCUT2D eigenvalue weighted by atomic mass is 16.5. The zero-order chi connectivity index (χ0) is 21.7. The average Bonchev–Trinajstić information content (AvgIpc) is 3.34. The monoisotopic (exact) mass is 423 g/mol. The summed E-state index contributed by atoms with van der Waals surface area (Å²) < 4.78 is 5.78. The van der Waals surface area contributed by atoms with Crippen molar-refractivity contribution in [3.63, 3.8) is 0 Å². The number of amides is 4. The molecule has 2 aliphatic rings. The summed E-state index contributed by atoms with van der Waals surface area (Å²) in [6.07, 6.45) is 8.74. The Balaban J connectivity index is 1.28. The highest BCUT2D eigenvalue weighted by Gasteiger charge is 2.52. The topological polar surface area (TPSA) is 114 Å². The Morgan fingerprint density at radius 3 is 2.71 bits per heavy atom. The summed E-state index contributed by atoms with van der Waals surface area (Å²) in [4.78, 5) is 46.7. The largest absolute Gasteiger partial charge is 0.485 e. The van der Waals surface area contributed by atoms with E-state index in [1.807, 2.05) is 12.1 Å². The van der Waals surface area contributed by atoms with Gasteiger partial charge in [-0.25, -0.2) is 9.78 Å². The standard InChI is InChI=1S/C22H25N5O4/c28-18(6-4-14-27-20(29)22(26-21(27)30)9-1-2-10-22)25-19-17(5-3-11-24-19)31-15-16-7-12-23-13-8-16/h3,5,7-8,11-13H,1-2,4,6,9-10,14-15H2,(H,26,30)(H,24,25,28). The van der Waals surface area contributed by atoms with Crippen LogP contribution in [0.1, 0.15) is 44.1 Å². The van der Waals surface area contributed by atoms with E-state index in [-0.39, 0.29) is 30.8 Å². The molecule has 4 amide bonds. The lowest BCUT2D eigenvalue weighted by atomic mass is 9.98. The Morgan fingerprint density at radius 2 is 1.94 bits per heavy atom. The van der Waals surface area contributed by atoms with Gasteiger partial charge in [0.05, 0.1) is 0 Å². The molecule has 0 bridgehead atoms. The molecule has 1 aliphatic carbocycles. The van der Waals surface area contributed by atoms with E-state index < -0.39 is 5.54 Å². The zero-order valence-corrected chi connectivity index (χ0v) is 17.2. The second-order valence-corrected chi connectivity index (χ2v) is 7.82. The molecule has 31 heavy (non-hydrogen) atoms. The fraction of sp³-hybridized carbons (Fsp3) is 0.409. The fourth-order valence-electron chi connectivity index (χ4n) is 4.03. The van der Waals surface area contributed by atoms with E-state index in [1.165, 1.54) is 4.90 Å². The van der Waals surface area contributed by atoms with Gasteiger partial charge in [0.1, 0.15) is 12.1 Å². The first-order valence-corrected chi connectivity index (χ1v) is 10.5. The van der Waals surface area contributed by atoms with Gasteiger partial charge in [-0.3, -0.25) is 19.5 Å². The summed E-state index contributed by atoms with van der Waals surface area (Å²) in [6.45, 7) is 0.540. The minimum atomic E-state index is -0.714. The van der Waals surface area contributed by atoms with E-state index >= 15 is 0 Å². The van der Waals surface area contributed by atoms with Crippen molar-refractivity contribution < 1.29 is 19.1 Å². The van der Waals surface area contributed by atoms with Gasteiger partial charge in [-0.2, -0.15) is 0 Å². The molecule has 4 rings (SSSR count). The number of hydrogen-bond acceptors (Lipinski definition) is 6. The predicted molar refractivity (Wildman–Crippen MR) is 112 cm³/mol. The SMILES string of the molecule is O=C(CCCN1C(=O)NC2(CCCC2)C1=O)Nc1ncccc1OCc1ccncc1. The molecule has 0 radical (unpaired) electrons. The van der Waals surface area contributed by atoms with Gasteiger partial charge in [0, 0.05) is 31.6 Å². The van der Waals surface area contributed by atoms with Crippen molar-refractivity contribution in [2.24, 2.45) is 0 Å². The zero-order valence-electron chi connectivity index (χ0n) is 17.2. The Morgan fingerprint density at radius 1 is 1.16 bits per heavy atom. The third-order valence-electron chi connectivity index (χ3n) is 5.66. The van der Waals surface area contributed by atoms with Crippen LogP contribution >= 0.6 is 0 Å². The number of rotatable bonds is 8. The lowest BCUT2D eigenvalue weighted by Crippen LogP contribution is -2.44. The maximum absolute atomic E-state index is 12.7. The van der Waals surface area contributed by atoms with Gasteiger partial charge in [0.15, 0.2) is 11.6 Å². The van der Waals surface area contributed by atoms with Crippen LogP contribution in [0, 0.1) is 0 Å². The van der Waals surface area contributed by atoms with Crippen LogP contribution in [0.2, 0.25) is 0 Å². The summed E-state index contributed by atoms with van der Waals surface area (Å²) in [5.41, 5.74) is 0.235. The number of carbonyl (C=O) groups excluding carboxylic acids is 3. The van der Waals surface area contributed by atoms with E-state index in [2.05, 4.69) is 20.6 Å². The van der Waals surface area contributed by atoms with Crippen LogP contribution in [0.4, 0.5) is 10.6 Å². The number of pyridine rings is 2. The maximum atomic E-state index is 12.7. The van der Waals surface area contributed by atoms with Gasteiger partial charge >= 0.3 is 6.03 Å². The van der Waals surface area contributed by atoms with Crippen molar-refractivity contribution in [3.8, 4) is 5.75 Å². The molecule has 1 spiro atoms. The molecule has 3 heterocycles. The van der Waals surface area contributed by atoms with Crippen LogP contribution in [-0.2, 0) is 16.2 Å². The molecule has 2 N–H and O–H groups in total. The molecule has 1 saturated heterocycles. The first-order chi connectivity index (χ1) is 15.1. The number of nitrogens with zero attached hydrogens (tertiary/aromatic N) is 3. The quantitative estimate of drug-likeness (QED) is 0.631. The second kappa shape index (κ2) is 9.11. The normalized spacial score (nSPS) is 17.1. The summed E-state index contributed by atoms with van der Waals surface area (Å²) in [5, 5.41) is 5.60. The van der Waals surface area contributed by atoms with Gasteiger partial charge in [0.2, 0.25) is 5.91 Å². The number of anilines is 1. The highest BCUT2D eigenvalue weighted by Crippen LogP contribution is 2.35. The second-order valence-electron chi connectivity index (χ2n) is 7.82. The highest BCUT2D eigenvalue weighted by molar-refractivity contribution is 6.07. The van der Waals surface area contributed by atoms with Crippen LogP contribution < -0.4 is 15.4 Å². The molecule has 9 nitrogen and oxygen atoms in total. The van der Waals surface area contributed by atoms with Crippen LogP contribution in [0.5, 0.6) is 5.75 Å². The molecule has 9 heteroatoms. The Bertz CT molecular complexity index is 959. The molecule has 1 saturated carbocycles. The summed E-state index contributed by atoms with van der Waals surface area (Å²) in [5.74, 6) is 0.383. The van der Waals surface area contributed by atoms with Gasteiger partial charge < -0.3 is 15.4 Å². The lowest BCUT2D eigenvalue weighted by molar-refractivity contribution is -0.131. The smallest absolute Gasteiger partial charge is 0.325 e. The number of nitrogens with one attached hydrogen (secondary N) is 2. The minimum absolute atomic E-state index is 0.157. The third kappa shape index (κ3) is 4.65. The molecule has 1 aliphatic heterocycles. The number of urea groups is 1.